The first-order chi connectivity index (χ1) is 12.5. The highest BCUT2D eigenvalue weighted by molar-refractivity contribution is 5.81. The number of nitrogens with one attached hydrogen (secondary N) is 1. The minimum absolute atomic E-state index is 0.111. The lowest BCUT2D eigenvalue weighted by Gasteiger charge is -2.17. The number of carbonyl (C=O) groups is 1. The fourth-order valence-electron chi connectivity index (χ4n) is 2.70. The van der Waals surface area contributed by atoms with Crippen molar-refractivity contribution in [2.75, 3.05) is 6.54 Å². The van der Waals surface area contributed by atoms with E-state index in [-0.39, 0.29) is 11.7 Å². The lowest BCUT2D eigenvalue weighted by atomic mass is 10.0. The van der Waals surface area contributed by atoms with E-state index in [0.717, 1.165) is 12.8 Å². The van der Waals surface area contributed by atoms with E-state index in [1.807, 2.05) is 6.92 Å². The molecule has 26 heavy (non-hydrogen) atoms. The molecule has 0 unspecified atom stereocenters. The molecule has 0 aliphatic carbocycles. The van der Waals surface area contributed by atoms with Gasteiger partial charge in [-0.2, -0.15) is 0 Å². The molecule has 0 fully saturated rings. The van der Waals surface area contributed by atoms with Gasteiger partial charge in [0.05, 0.1) is 0 Å². The van der Waals surface area contributed by atoms with E-state index < -0.39 is 11.9 Å². The maximum absolute atomic E-state index is 13.7. The third-order valence-corrected chi connectivity index (χ3v) is 4.36. The zero-order chi connectivity index (χ0) is 18.9. The predicted molar refractivity (Wildman–Crippen MR) is 103 cm³/mol. The molecule has 0 bridgehead atoms. The van der Waals surface area contributed by atoms with Gasteiger partial charge in [0.1, 0.15) is 0 Å². The fraction of sp³-hybridized carbons (Fsp3) is 0.409. The van der Waals surface area contributed by atoms with Gasteiger partial charge in [0.25, 0.3) is 5.91 Å². The largest absolute Gasteiger partial charge is 0.478 e. The van der Waals surface area contributed by atoms with E-state index in [0.29, 0.717) is 18.9 Å². The molecule has 0 saturated carbocycles. The van der Waals surface area contributed by atoms with Crippen LogP contribution in [0.1, 0.15) is 50.7 Å². The Labute approximate surface area is 155 Å². The number of halogens is 1. The molecule has 1 amide bonds. The van der Waals surface area contributed by atoms with Crippen molar-refractivity contribution < 1.29 is 13.9 Å². The summed E-state index contributed by atoms with van der Waals surface area (Å²) >= 11 is 0. The van der Waals surface area contributed by atoms with Crippen LogP contribution in [0, 0.1) is 5.82 Å². The molecular formula is C22H28FNO2. The van der Waals surface area contributed by atoms with E-state index in [1.54, 1.807) is 12.1 Å². The van der Waals surface area contributed by atoms with Gasteiger partial charge >= 0.3 is 0 Å². The summed E-state index contributed by atoms with van der Waals surface area (Å²) in [6, 6.07) is 14.8. The van der Waals surface area contributed by atoms with Gasteiger partial charge < -0.3 is 10.1 Å². The monoisotopic (exact) mass is 357 g/mol. The predicted octanol–water partition coefficient (Wildman–Crippen LogP) is 4.86. The van der Waals surface area contributed by atoms with Crippen LogP contribution in [-0.2, 0) is 11.2 Å². The Balaban J connectivity index is 1.77. The second-order valence-electron chi connectivity index (χ2n) is 6.74. The summed E-state index contributed by atoms with van der Waals surface area (Å²) in [7, 11) is 0. The van der Waals surface area contributed by atoms with Crippen molar-refractivity contribution >= 4 is 5.91 Å². The molecule has 0 aromatic heterocycles. The first kappa shape index (κ1) is 20.0. The van der Waals surface area contributed by atoms with Crippen molar-refractivity contribution in [1.29, 1.82) is 0 Å². The average Bonchev–Trinajstić information content (AvgIpc) is 2.64. The number of hydrogen-bond donors (Lipinski definition) is 1. The van der Waals surface area contributed by atoms with Gasteiger partial charge in [-0.05, 0) is 48.4 Å². The van der Waals surface area contributed by atoms with Crippen LogP contribution >= 0.6 is 0 Å². The molecule has 0 aliphatic rings. The Morgan fingerprint density at radius 3 is 2.42 bits per heavy atom. The molecule has 2 aromatic rings. The van der Waals surface area contributed by atoms with E-state index in [2.05, 4.69) is 43.4 Å². The Kier molecular flexibility index (Phi) is 7.64. The highest BCUT2D eigenvalue weighted by Crippen LogP contribution is 2.18. The lowest BCUT2D eigenvalue weighted by molar-refractivity contribution is -0.128. The molecule has 0 spiro atoms. The molecule has 0 aliphatic heterocycles. The van der Waals surface area contributed by atoms with Crippen LogP contribution in [0.5, 0.6) is 5.75 Å². The standard InChI is InChI=1S/C22H28FNO2/c1-4-20(26-21-10-6-5-9-19(21)23)22(25)24-15-7-8-17-11-13-18(14-12-17)16(2)3/h5-6,9-14,16,20H,4,7-8,15H2,1-3H3,(H,24,25)/t20-/m0/s1. The van der Waals surface area contributed by atoms with E-state index >= 15 is 0 Å². The van der Waals surface area contributed by atoms with Crippen LogP contribution < -0.4 is 10.1 Å². The molecule has 0 radical (unpaired) electrons. The normalized spacial score (nSPS) is 12.0. The quantitative estimate of drug-likeness (QED) is 0.651. The fourth-order valence-corrected chi connectivity index (χ4v) is 2.70. The van der Waals surface area contributed by atoms with Gasteiger partial charge in [0.15, 0.2) is 17.7 Å². The van der Waals surface area contributed by atoms with E-state index in [4.69, 9.17) is 4.74 Å². The summed E-state index contributed by atoms with van der Waals surface area (Å²) in [5.41, 5.74) is 2.59. The molecule has 2 aromatic carbocycles. The minimum Gasteiger partial charge on any atom is -0.478 e. The van der Waals surface area contributed by atoms with Crippen LogP contribution in [0.25, 0.3) is 0 Å². The highest BCUT2D eigenvalue weighted by atomic mass is 19.1. The lowest BCUT2D eigenvalue weighted by Crippen LogP contribution is -2.38. The molecule has 2 rings (SSSR count). The molecule has 3 nitrogen and oxygen atoms in total. The number of para-hydroxylation sites is 1. The van der Waals surface area contributed by atoms with Gasteiger partial charge in [0.2, 0.25) is 0 Å². The van der Waals surface area contributed by atoms with Crippen molar-refractivity contribution in [3.8, 4) is 5.75 Å². The Bertz CT molecular complexity index is 698. The first-order valence-corrected chi connectivity index (χ1v) is 9.29. The number of hydrogen-bond acceptors (Lipinski definition) is 2. The highest BCUT2D eigenvalue weighted by Gasteiger charge is 2.19. The van der Waals surface area contributed by atoms with E-state index in [1.165, 1.54) is 23.3 Å². The molecule has 1 atom stereocenters. The molecule has 1 N–H and O–H groups in total. The van der Waals surface area contributed by atoms with Gasteiger partial charge in [-0.3, -0.25) is 4.79 Å². The maximum atomic E-state index is 13.7. The molecule has 140 valence electrons. The Morgan fingerprint density at radius 2 is 1.81 bits per heavy atom. The molecule has 4 heteroatoms. The van der Waals surface area contributed by atoms with Gasteiger partial charge in [-0.25, -0.2) is 4.39 Å². The van der Waals surface area contributed by atoms with Crippen LogP contribution in [-0.4, -0.2) is 18.6 Å². The van der Waals surface area contributed by atoms with Crippen LogP contribution in [0.4, 0.5) is 4.39 Å². The number of amides is 1. The minimum atomic E-state index is -0.683. The average molecular weight is 357 g/mol. The van der Waals surface area contributed by atoms with Crippen molar-refractivity contribution in [1.82, 2.24) is 5.32 Å². The first-order valence-electron chi connectivity index (χ1n) is 9.29. The molecule has 0 heterocycles. The number of ether oxygens (including phenoxy) is 1. The summed E-state index contributed by atoms with van der Waals surface area (Å²) in [6.07, 6.45) is 1.56. The number of benzene rings is 2. The third-order valence-electron chi connectivity index (χ3n) is 4.36. The van der Waals surface area contributed by atoms with Gasteiger partial charge in [-0.15, -0.1) is 0 Å². The van der Waals surface area contributed by atoms with Crippen molar-refractivity contribution in [3.05, 3.63) is 65.5 Å². The summed E-state index contributed by atoms with van der Waals surface area (Å²) in [6.45, 7) is 6.78. The summed E-state index contributed by atoms with van der Waals surface area (Å²) in [5.74, 6) is -0.0157. The summed E-state index contributed by atoms with van der Waals surface area (Å²) in [5, 5.41) is 2.89. The SMILES string of the molecule is CC[C@H](Oc1ccccc1F)C(=O)NCCCc1ccc(C(C)C)cc1. The second kappa shape index (κ2) is 9.95. The Morgan fingerprint density at radius 1 is 1.12 bits per heavy atom. The Hall–Kier alpha value is -2.36. The smallest absolute Gasteiger partial charge is 0.261 e. The van der Waals surface area contributed by atoms with Crippen molar-refractivity contribution in [3.63, 3.8) is 0 Å². The summed E-state index contributed by atoms with van der Waals surface area (Å²) in [4.78, 5) is 12.3. The second-order valence-corrected chi connectivity index (χ2v) is 6.74. The van der Waals surface area contributed by atoms with Crippen molar-refractivity contribution in [2.24, 2.45) is 0 Å². The van der Waals surface area contributed by atoms with Crippen LogP contribution in [0.2, 0.25) is 0 Å². The van der Waals surface area contributed by atoms with Crippen LogP contribution in [0.15, 0.2) is 48.5 Å². The third kappa shape index (κ3) is 5.87. The number of aryl methyl sites for hydroxylation is 1. The zero-order valence-corrected chi connectivity index (χ0v) is 15.8. The van der Waals surface area contributed by atoms with Gasteiger partial charge in [0, 0.05) is 6.54 Å². The zero-order valence-electron chi connectivity index (χ0n) is 15.8. The number of rotatable bonds is 9. The molecular weight excluding hydrogens is 329 g/mol. The topological polar surface area (TPSA) is 38.3 Å². The van der Waals surface area contributed by atoms with Crippen LogP contribution in [0.3, 0.4) is 0 Å². The maximum Gasteiger partial charge on any atom is 0.261 e. The number of carbonyl (C=O) groups excluding carboxylic acids is 1. The molecule has 0 saturated heterocycles. The summed E-state index contributed by atoms with van der Waals surface area (Å²) < 4.78 is 19.2. The van der Waals surface area contributed by atoms with Gasteiger partial charge in [-0.1, -0.05) is 57.2 Å². The van der Waals surface area contributed by atoms with E-state index in [9.17, 15) is 9.18 Å². The van der Waals surface area contributed by atoms with Crippen molar-refractivity contribution in [2.45, 2.75) is 52.1 Å².